The molecule has 0 aromatic heterocycles. The van der Waals surface area contributed by atoms with Crippen LogP contribution in [0.2, 0.25) is 0 Å². The lowest BCUT2D eigenvalue weighted by molar-refractivity contribution is -0.0580. The molecule has 13 heavy (non-hydrogen) atoms. The molecular formula is C10H18NO2. The Hall–Kier alpha value is -0.380. The van der Waals surface area contributed by atoms with Gasteiger partial charge in [-0.2, -0.15) is 0 Å². The lowest BCUT2D eigenvalue weighted by Crippen LogP contribution is -2.44. The summed E-state index contributed by atoms with van der Waals surface area (Å²) in [5.74, 6) is 0. The average Bonchev–Trinajstić information content (AvgIpc) is 2.16. The molecule has 1 aliphatic rings. The Balaban J connectivity index is 2.24. The van der Waals surface area contributed by atoms with Crippen LogP contribution in [0.1, 0.15) is 0 Å². The highest BCUT2D eigenvalue weighted by Gasteiger charge is 2.18. The van der Waals surface area contributed by atoms with E-state index in [0.29, 0.717) is 6.61 Å². The lowest BCUT2D eigenvalue weighted by Gasteiger charge is -2.31. The molecule has 1 saturated heterocycles. The molecule has 1 fully saturated rings. The van der Waals surface area contributed by atoms with Crippen molar-refractivity contribution in [3.8, 4) is 0 Å². The number of nitrogens with zero attached hydrogens (tertiary/aromatic N) is 1. The zero-order valence-corrected chi connectivity index (χ0v) is 8.24. The molecule has 1 radical (unpaired) electrons. The summed E-state index contributed by atoms with van der Waals surface area (Å²) in [7, 11) is 1.71. The molecule has 0 amide bonds. The van der Waals surface area contributed by atoms with Gasteiger partial charge in [0.2, 0.25) is 0 Å². The van der Waals surface area contributed by atoms with Crippen molar-refractivity contribution in [2.45, 2.75) is 6.10 Å². The predicted octanol–water partition coefficient (Wildman–Crippen LogP) is 0.724. The Morgan fingerprint density at radius 3 is 3.23 bits per heavy atom. The monoisotopic (exact) mass is 184 g/mol. The third-order valence-corrected chi connectivity index (χ3v) is 2.11. The maximum atomic E-state index is 5.52. The van der Waals surface area contributed by atoms with Crippen LogP contribution in [0.3, 0.4) is 0 Å². The van der Waals surface area contributed by atoms with E-state index in [1.807, 2.05) is 6.08 Å². The summed E-state index contributed by atoms with van der Waals surface area (Å²) in [6, 6.07) is 0. The molecule has 1 rings (SSSR count). The minimum atomic E-state index is 0.233. The van der Waals surface area contributed by atoms with E-state index in [0.717, 1.165) is 26.2 Å². The van der Waals surface area contributed by atoms with Crippen molar-refractivity contribution in [1.82, 2.24) is 4.90 Å². The second kappa shape index (κ2) is 6.13. The first-order valence-corrected chi connectivity index (χ1v) is 4.64. The zero-order valence-electron chi connectivity index (χ0n) is 8.24. The Bertz CT molecular complexity index is 157. The number of rotatable bonds is 4. The summed E-state index contributed by atoms with van der Waals surface area (Å²) in [5.41, 5.74) is 0. The number of hydrogen-bond donors (Lipinski definition) is 0. The minimum Gasteiger partial charge on any atom is -0.382 e. The van der Waals surface area contributed by atoms with E-state index in [-0.39, 0.29) is 6.10 Å². The molecule has 0 saturated carbocycles. The van der Waals surface area contributed by atoms with Gasteiger partial charge in [0.05, 0.1) is 19.3 Å². The average molecular weight is 184 g/mol. The third kappa shape index (κ3) is 3.89. The minimum absolute atomic E-state index is 0.233. The van der Waals surface area contributed by atoms with Crippen molar-refractivity contribution in [3.63, 3.8) is 0 Å². The summed E-state index contributed by atoms with van der Waals surface area (Å²) in [5, 5.41) is 0. The van der Waals surface area contributed by atoms with Crippen LogP contribution in [-0.2, 0) is 9.47 Å². The van der Waals surface area contributed by atoms with Crippen LogP contribution in [0.4, 0.5) is 0 Å². The van der Waals surface area contributed by atoms with Crippen LogP contribution in [0.25, 0.3) is 0 Å². The van der Waals surface area contributed by atoms with Crippen LogP contribution >= 0.6 is 0 Å². The maximum Gasteiger partial charge on any atom is 0.0935 e. The van der Waals surface area contributed by atoms with Crippen molar-refractivity contribution in [2.75, 3.05) is 40.0 Å². The summed E-state index contributed by atoms with van der Waals surface area (Å²) < 4.78 is 10.6. The van der Waals surface area contributed by atoms with E-state index in [1.54, 1.807) is 7.11 Å². The SMILES string of the molecule is [CH2]C=CCN1CCOC(COC)C1. The highest BCUT2D eigenvalue weighted by molar-refractivity contribution is 4.88. The summed E-state index contributed by atoms with van der Waals surface area (Å²) in [4.78, 5) is 2.34. The van der Waals surface area contributed by atoms with Gasteiger partial charge in [-0.15, -0.1) is 0 Å². The van der Waals surface area contributed by atoms with Crippen molar-refractivity contribution in [3.05, 3.63) is 19.1 Å². The predicted molar refractivity (Wildman–Crippen MR) is 52.6 cm³/mol. The molecule has 1 unspecified atom stereocenters. The second-order valence-corrected chi connectivity index (χ2v) is 3.18. The Kier molecular flexibility index (Phi) is 5.05. The number of hydrogen-bond acceptors (Lipinski definition) is 3. The largest absolute Gasteiger partial charge is 0.382 e. The maximum absolute atomic E-state index is 5.52. The first-order chi connectivity index (χ1) is 6.36. The Labute approximate surface area is 80.3 Å². The van der Waals surface area contributed by atoms with E-state index in [9.17, 15) is 0 Å². The van der Waals surface area contributed by atoms with E-state index < -0.39 is 0 Å². The van der Waals surface area contributed by atoms with Crippen molar-refractivity contribution in [2.24, 2.45) is 0 Å². The van der Waals surface area contributed by atoms with Gasteiger partial charge in [-0.3, -0.25) is 4.90 Å². The van der Waals surface area contributed by atoms with Crippen molar-refractivity contribution in [1.29, 1.82) is 0 Å². The van der Waals surface area contributed by atoms with Crippen LogP contribution in [0.5, 0.6) is 0 Å². The quantitative estimate of drug-likeness (QED) is 0.642. The molecule has 1 aliphatic heterocycles. The van der Waals surface area contributed by atoms with Gasteiger partial charge in [-0.1, -0.05) is 12.2 Å². The van der Waals surface area contributed by atoms with Crippen LogP contribution < -0.4 is 0 Å². The molecule has 0 spiro atoms. The third-order valence-electron chi connectivity index (χ3n) is 2.11. The number of allylic oxidation sites excluding steroid dienone is 1. The van der Waals surface area contributed by atoms with Gasteiger partial charge >= 0.3 is 0 Å². The molecule has 75 valence electrons. The molecule has 0 bridgehead atoms. The molecule has 1 heterocycles. The van der Waals surface area contributed by atoms with E-state index >= 15 is 0 Å². The van der Waals surface area contributed by atoms with Crippen LogP contribution in [-0.4, -0.2) is 51.0 Å². The molecule has 1 atom stereocenters. The van der Waals surface area contributed by atoms with Gasteiger partial charge in [0.15, 0.2) is 0 Å². The fourth-order valence-electron chi connectivity index (χ4n) is 1.46. The molecule has 3 heteroatoms. The van der Waals surface area contributed by atoms with Crippen LogP contribution in [0, 0.1) is 6.92 Å². The second-order valence-electron chi connectivity index (χ2n) is 3.18. The lowest BCUT2D eigenvalue weighted by atomic mass is 10.3. The van der Waals surface area contributed by atoms with Gasteiger partial charge in [-0.25, -0.2) is 0 Å². The van der Waals surface area contributed by atoms with Gasteiger partial charge in [-0.05, 0) is 6.92 Å². The first kappa shape index (κ1) is 10.7. The molecule has 0 aromatic carbocycles. The molecule has 0 aromatic rings. The van der Waals surface area contributed by atoms with E-state index in [1.165, 1.54) is 0 Å². The normalized spacial score (nSPS) is 25.5. The molecule has 0 aliphatic carbocycles. The van der Waals surface area contributed by atoms with Gasteiger partial charge in [0.1, 0.15) is 0 Å². The van der Waals surface area contributed by atoms with Gasteiger partial charge in [0, 0.05) is 26.7 Å². The van der Waals surface area contributed by atoms with E-state index in [4.69, 9.17) is 9.47 Å². The summed E-state index contributed by atoms with van der Waals surface area (Å²) in [6.45, 7) is 8.08. The molecule has 3 nitrogen and oxygen atoms in total. The highest BCUT2D eigenvalue weighted by atomic mass is 16.5. The fraction of sp³-hybridized carbons (Fsp3) is 0.700. The Morgan fingerprint density at radius 2 is 2.54 bits per heavy atom. The van der Waals surface area contributed by atoms with Gasteiger partial charge < -0.3 is 9.47 Å². The van der Waals surface area contributed by atoms with Gasteiger partial charge in [0.25, 0.3) is 0 Å². The standard InChI is InChI=1S/C10H18NO2/c1-3-4-5-11-6-7-13-10(8-11)9-12-2/h3-4,10H,1,5-9H2,2H3. The summed E-state index contributed by atoms with van der Waals surface area (Å²) in [6.07, 6.45) is 4.13. The fourth-order valence-corrected chi connectivity index (χ4v) is 1.46. The number of ether oxygens (including phenoxy) is 2. The smallest absolute Gasteiger partial charge is 0.0935 e. The number of methoxy groups -OCH3 is 1. The number of morpholine rings is 1. The highest BCUT2D eigenvalue weighted by Crippen LogP contribution is 2.04. The zero-order chi connectivity index (χ0) is 9.52. The van der Waals surface area contributed by atoms with E-state index in [2.05, 4.69) is 17.9 Å². The summed E-state index contributed by atoms with van der Waals surface area (Å²) >= 11 is 0. The Morgan fingerprint density at radius 1 is 1.69 bits per heavy atom. The first-order valence-electron chi connectivity index (χ1n) is 4.64. The molecular weight excluding hydrogens is 166 g/mol. The van der Waals surface area contributed by atoms with Crippen LogP contribution in [0.15, 0.2) is 12.2 Å². The topological polar surface area (TPSA) is 21.7 Å². The molecule has 0 N–H and O–H groups in total. The van der Waals surface area contributed by atoms with Crippen molar-refractivity contribution < 1.29 is 9.47 Å². The van der Waals surface area contributed by atoms with Crippen molar-refractivity contribution >= 4 is 0 Å².